The monoisotopic (exact) mass is 856 g/mol. The van der Waals surface area contributed by atoms with Gasteiger partial charge < -0.3 is 19.5 Å². The van der Waals surface area contributed by atoms with E-state index >= 15 is 0 Å². The quantitative estimate of drug-likeness (QED) is 0.169. The van der Waals surface area contributed by atoms with E-state index in [2.05, 4.69) is 45.2 Å². The fourth-order valence-corrected chi connectivity index (χ4v) is 2.77. The van der Waals surface area contributed by atoms with Crippen LogP contribution in [0.3, 0.4) is 0 Å². The highest BCUT2D eigenvalue weighted by atomic mass is 127. The van der Waals surface area contributed by atoms with Gasteiger partial charge in [0, 0.05) is 11.1 Å². The summed E-state index contributed by atoms with van der Waals surface area (Å²) in [4.78, 5) is 22.2. The van der Waals surface area contributed by atoms with Crippen LogP contribution in [0, 0.1) is 0 Å². The van der Waals surface area contributed by atoms with Crippen LogP contribution in [-0.4, -0.2) is 60.4 Å². The first kappa shape index (κ1) is 36.7. The van der Waals surface area contributed by atoms with Gasteiger partial charge in [0.1, 0.15) is 24.6 Å². The van der Waals surface area contributed by atoms with Crippen LogP contribution in [0.25, 0.3) is 0 Å². The number of carbonyl (C=O) groups is 2. The van der Waals surface area contributed by atoms with E-state index in [4.69, 9.17) is 19.5 Å². The molecular formula is C25H32BF2I3O6. The molecule has 0 radical (unpaired) electrons. The number of Topliss-reactive ketones (excluding diaryl/α,β-unsaturated/α-hetero) is 2. The first-order chi connectivity index (χ1) is 17.4. The number of hydrogen-bond donors (Lipinski definition) is 2. The van der Waals surface area contributed by atoms with Gasteiger partial charge in [0.15, 0.2) is 11.6 Å². The van der Waals surface area contributed by atoms with Crippen LogP contribution >= 0.6 is 67.8 Å². The SMILES string of the molecule is CC1(C)OB(c2ccc(C(=O)CO)cc2)OC1(C)C.ICI.O=C(CO)c1ccc(C[18F])cc1.[18F]CI. The van der Waals surface area contributed by atoms with Gasteiger partial charge in [-0.15, -0.1) is 0 Å². The first-order valence-electron chi connectivity index (χ1n) is 11.0. The Kier molecular flexibility index (Phi) is 18.8. The molecule has 1 fully saturated rings. The fourth-order valence-electron chi connectivity index (χ4n) is 2.77. The Labute approximate surface area is 258 Å². The lowest BCUT2D eigenvalue weighted by molar-refractivity contribution is 0.00578. The van der Waals surface area contributed by atoms with E-state index in [-0.39, 0.29) is 27.4 Å². The fraction of sp³-hybridized carbons (Fsp3) is 0.440. The molecule has 0 spiro atoms. The largest absolute Gasteiger partial charge is 0.494 e. The summed E-state index contributed by atoms with van der Waals surface area (Å²) in [5, 5.41) is 17.3. The summed E-state index contributed by atoms with van der Waals surface area (Å²) in [5.74, 6) is -0.638. The van der Waals surface area contributed by atoms with Crippen LogP contribution in [0.2, 0.25) is 0 Å². The number of aliphatic hydroxyl groups excluding tert-OH is 2. The molecule has 0 aromatic heterocycles. The highest BCUT2D eigenvalue weighted by Crippen LogP contribution is 2.36. The average Bonchev–Trinajstić information content (AvgIpc) is 3.11. The molecule has 206 valence electrons. The average molecular weight is 856 g/mol. The second kappa shape index (κ2) is 18.9. The van der Waals surface area contributed by atoms with Crippen molar-refractivity contribution in [3.05, 3.63) is 65.2 Å². The van der Waals surface area contributed by atoms with E-state index < -0.39 is 27.0 Å². The Morgan fingerprint density at radius 2 is 1.11 bits per heavy atom. The molecule has 1 aliphatic heterocycles. The molecule has 0 amide bonds. The topological polar surface area (TPSA) is 93.1 Å². The van der Waals surface area contributed by atoms with E-state index in [1.165, 1.54) is 26.7 Å². The maximum absolute atomic E-state index is 12.0. The molecule has 2 aromatic rings. The zero-order valence-corrected chi connectivity index (χ0v) is 27.6. The van der Waals surface area contributed by atoms with E-state index in [0.29, 0.717) is 16.7 Å². The number of alkyl halides is 5. The molecule has 2 aromatic carbocycles. The Hall–Kier alpha value is -0.265. The highest BCUT2D eigenvalue weighted by molar-refractivity contribution is 14.2. The van der Waals surface area contributed by atoms with Gasteiger partial charge in [-0.05, 0) is 61.3 Å². The van der Waals surface area contributed by atoms with Crippen molar-refractivity contribution in [1.29, 1.82) is 0 Å². The van der Waals surface area contributed by atoms with Crippen LogP contribution in [0.4, 0.5) is 8.78 Å². The molecule has 37 heavy (non-hydrogen) atoms. The molecule has 0 bridgehead atoms. The van der Waals surface area contributed by atoms with Gasteiger partial charge in [0.2, 0.25) is 0 Å². The summed E-state index contributed by atoms with van der Waals surface area (Å²) in [6.45, 7) is 6.47. The highest BCUT2D eigenvalue weighted by Gasteiger charge is 2.51. The van der Waals surface area contributed by atoms with Crippen LogP contribution in [0.1, 0.15) is 54.0 Å². The van der Waals surface area contributed by atoms with Crippen LogP contribution < -0.4 is 5.46 Å². The second-order valence-corrected chi connectivity index (χ2v) is 13.4. The summed E-state index contributed by atoms with van der Waals surface area (Å²) >= 11 is 6.17. The third-order valence-corrected chi connectivity index (χ3v) is 5.48. The Balaban J connectivity index is 0.000000615. The van der Waals surface area contributed by atoms with E-state index in [9.17, 15) is 18.4 Å². The van der Waals surface area contributed by atoms with Crippen molar-refractivity contribution in [2.75, 3.05) is 20.3 Å². The van der Waals surface area contributed by atoms with Crippen LogP contribution in [0.5, 0.6) is 0 Å². The lowest BCUT2D eigenvalue weighted by Crippen LogP contribution is -2.41. The molecule has 1 aliphatic rings. The number of ketones is 2. The van der Waals surface area contributed by atoms with Crippen molar-refractivity contribution in [1.82, 2.24) is 0 Å². The predicted molar refractivity (Wildman–Crippen MR) is 169 cm³/mol. The Bertz CT molecular complexity index is 926. The van der Waals surface area contributed by atoms with Crippen molar-refractivity contribution >= 4 is 91.9 Å². The van der Waals surface area contributed by atoms with Crippen molar-refractivity contribution in [2.45, 2.75) is 45.6 Å². The summed E-state index contributed by atoms with van der Waals surface area (Å²) in [7, 11) is -0.428. The Morgan fingerprint density at radius 1 is 0.784 bits per heavy atom. The maximum atomic E-state index is 12.0. The summed E-state index contributed by atoms with van der Waals surface area (Å²) in [5.41, 5.74) is 1.55. The Morgan fingerprint density at radius 3 is 1.41 bits per heavy atom. The van der Waals surface area contributed by atoms with Gasteiger partial charge in [0.25, 0.3) is 0 Å². The predicted octanol–water partition coefficient (Wildman–Crippen LogP) is 5.65. The molecule has 0 atom stereocenters. The minimum atomic E-state index is -0.534. The number of rotatable bonds is 6. The molecule has 0 saturated carbocycles. The minimum absolute atomic E-state index is 0.280. The summed E-state index contributed by atoms with van der Waals surface area (Å²) in [6.07, 6.45) is 0. The summed E-state index contributed by atoms with van der Waals surface area (Å²) in [6, 6.07) is 13.0. The van der Waals surface area contributed by atoms with Crippen molar-refractivity contribution < 1.29 is 37.9 Å². The standard InChI is InChI=1S/C14H19BO4.C9H9FO2.CH2FI.CH2I2/c1-13(2)14(3,4)19-15(18-13)11-7-5-10(6-8-11)12(17)9-16;10-5-7-1-3-8(4-2-7)9(12)6-11;2*2-1-3/h5-8,16H,9H2,1-4H3;1-4,11H,5-6H2;2*1H2/i;10-1;2-1;. The summed E-state index contributed by atoms with van der Waals surface area (Å²) < 4.78 is 35.0. The van der Waals surface area contributed by atoms with Crippen molar-refractivity contribution in [3.8, 4) is 0 Å². The zero-order chi connectivity index (χ0) is 28.6. The van der Waals surface area contributed by atoms with Gasteiger partial charge in [-0.1, -0.05) is 93.7 Å². The van der Waals surface area contributed by atoms with Crippen molar-refractivity contribution in [2.24, 2.45) is 0 Å². The molecule has 0 unspecified atom stereocenters. The number of aliphatic hydroxyl groups is 2. The van der Waals surface area contributed by atoms with Gasteiger partial charge in [-0.2, -0.15) is 0 Å². The molecule has 1 saturated heterocycles. The number of carbonyl (C=O) groups excluding carboxylic acids is 2. The smallest absolute Gasteiger partial charge is 0.399 e. The van der Waals surface area contributed by atoms with Gasteiger partial charge in [-0.25, -0.2) is 8.78 Å². The van der Waals surface area contributed by atoms with E-state index in [1.54, 1.807) is 46.9 Å². The number of hydrogen-bond acceptors (Lipinski definition) is 6. The lowest BCUT2D eigenvalue weighted by atomic mass is 9.79. The molecule has 12 heteroatoms. The van der Waals surface area contributed by atoms with Crippen molar-refractivity contribution in [3.63, 3.8) is 0 Å². The third kappa shape index (κ3) is 12.6. The lowest BCUT2D eigenvalue weighted by Gasteiger charge is -2.32. The molecule has 1 heterocycles. The number of benzene rings is 2. The second-order valence-electron chi connectivity index (χ2n) is 8.41. The minimum Gasteiger partial charge on any atom is -0.399 e. The first-order valence-corrected chi connectivity index (χ1v) is 15.6. The van der Waals surface area contributed by atoms with Crippen LogP contribution in [0.15, 0.2) is 48.5 Å². The van der Waals surface area contributed by atoms with Crippen LogP contribution in [-0.2, 0) is 16.0 Å². The molecule has 6 nitrogen and oxygen atoms in total. The number of halogens is 5. The van der Waals surface area contributed by atoms with E-state index in [1.807, 2.05) is 27.7 Å². The van der Waals surface area contributed by atoms with Gasteiger partial charge in [0.05, 0.1) is 13.6 Å². The van der Waals surface area contributed by atoms with Gasteiger partial charge >= 0.3 is 7.12 Å². The third-order valence-electron chi connectivity index (χ3n) is 5.48. The molecule has 3 rings (SSSR count). The van der Waals surface area contributed by atoms with E-state index in [0.717, 1.165) is 5.46 Å². The molecular weight excluding hydrogens is 824 g/mol. The molecule has 0 aliphatic carbocycles. The zero-order valence-electron chi connectivity index (χ0n) is 21.1. The molecule has 2 N–H and O–H groups in total. The maximum Gasteiger partial charge on any atom is 0.494 e. The normalized spacial score (nSPS) is 14.7. The van der Waals surface area contributed by atoms with Gasteiger partial charge in [-0.3, -0.25) is 9.59 Å².